The monoisotopic (exact) mass is 451 g/mol. The van der Waals surface area contributed by atoms with Crippen LogP contribution in [0.5, 0.6) is 0 Å². The van der Waals surface area contributed by atoms with Crippen LogP contribution >= 0.6 is 0 Å². The summed E-state index contributed by atoms with van der Waals surface area (Å²) in [7, 11) is 0. The molecule has 2 fully saturated rings. The molecule has 2 aliphatic heterocycles. The molecule has 11 heteroatoms. The second-order valence-electron chi connectivity index (χ2n) is 8.46. The van der Waals surface area contributed by atoms with Crippen LogP contribution in [0.15, 0.2) is 24.4 Å². The summed E-state index contributed by atoms with van der Waals surface area (Å²) in [6.45, 7) is 3.56. The third-order valence-corrected chi connectivity index (χ3v) is 6.00. The number of nitrogens with one attached hydrogen (secondary N) is 2. The molecule has 2 aromatic rings. The Labute approximate surface area is 181 Å². The molecule has 1 saturated carbocycles. The molecule has 2 atom stereocenters. The van der Waals surface area contributed by atoms with E-state index in [4.69, 9.17) is 4.74 Å². The van der Waals surface area contributed by atoms with Crippen molar-refractivity contribution in [3.05, 3.63) is 35.5 Å². The molecule has 1 unspecified atom stereocenters. The second-order valence-corrected chi connectivity index (χ2v) is 8.46. The lowest BCUT2D eigenvalue weighted by Gasteiger charge is -2.33. The molecule has 1 aliphatic carbocycles. The van der Waals surface area contributed by atoms with Crippen LogP contribution < -0.4 is 15.5 Å². The number of hydrogen-bond donors (Lipinski definition) is 2. The van der Waals surface area contributed by atoms with Crippen molar-refractivity contribution in [1.29, 1.82) is 0 Å². The molecular formula is C21H21F4N5O2. The molecule has 32 heavy (non-hydrogen) atoms. The number of amides is 1. The first-order valence-corrected chi connectivity index (χ1v) is 10.4. The molecule has 0 bridgehead atoms. The molecule has 2 N–H and O–H groups in total. The fraction of sp³-hybridized carbons (Fsp3) is 0.476. The number of carbonyl (C=O) groups excluding carboxylic acids is 1. The first-order chi connectivity index (χ1) is 15.1. The first-order valence-electron chi connectivity index (χ1n) is 10.4. The fourth-order valence-corrected chi connectivity index (χ4v) is 4.22. The summed E-state index contributed by atoms with van der Waals surface area (Å²) in [5.74, 6) is 0.261. The van der Waals surface area contributed by atoms with Gasteiger partial charge in [-0.3, -0.25) is 5.32 Å². The number of pyridine rings is 2. The number of carbonyl (C=O) groups is 1. The molecule has 4 heterocycles. The van der Waals surface area contributed by atoms with Gasteiger partial charge < -0.3 is 15.0 Å². The molecule has 7 nitrogen and oxygen atoms in total. The van der Waals surface area contributed by atoms with E-state index < -0.39 is 29.6 Å². The van der Waals surface area contributed by atoms with Gasteiger partial charge >= 0.3 is 12.3 Å². The predicted octanol–water partition coefficient (Wildman–Crippen LogP) is 4.07. The van der Waals surface area contributed by atoms with Crippen LogP contribution in [-0.4, -0.2) is 47.4 Å². The van der Waals surface area contributed by atoms with Crippen molar-refractivity contribution in [2.24, 2.45) is 0 Å². The van der Waals surface area contributed by atoms with Crippen molar-refractivity contribution < 1.29 is 27.1 Å². The van der Waals surface area contributed by atoms with E-state index >= 15 is 4.39 Å². The van der Waals surface area contributed by atoms with Crippen LogP contribution in [0.25, 0.3) is 11.3 Å². The smallest absolute Gasteiger partial charge is 0.416 e. The topological polar surface area (TPSA) is 79.4 Å². The summed E-state index contributed by atoms with van der Waals surface area (Å²) < 4.78 is 61.6. The quantitative estimate of drug-likeness (QED) is 0.686. The number of hydrogen-bond acceptors (Lipinski definition) is 6. The maximum atomic E-state index is 15.1. The third kappa shape index (κ3) is 3.74. The minimum atomic E-state index is -4.60. The molecule has 5 rings (SSSR count). The van der Waals surface area contributed by atoms with Gasteiger partial charge in [0.2, 0.25) is 0 Å². The van der Waals surface area contributed by atoms with E-state index in [1.165, 1.54) is 12.3 Å². The normalized spacial score (nSPS) is 24.4. The average molecular weight is 451 g/mol. The van der Waals surface area contributed by atoms with Crippen LogP contribution in [0.2, 0.25) is 0 Å². The summed E-state index contributed by atoms with van der Waals surface area (Å²) in [5.41, 5.74) is -2.14. The van der Waals surface area contributed by atoms with E-state index in [9.17, 15) is 18.0 Å². The minimum absolute atomic E-state index is 0.0219. The molecule has 0 spiro atoms. The number of ether oxygens (including phenoxy) is 1. The van der Waals surface area contributed by atoms with Gasteiger partial charge in [0.1, 0.15) is 11.6 Å². The minimum Gasteiger partial charge on any atom is -0.437 e. The van der Waals surface area contributed by atoms with Gasteiger partial charge in [0.15, 0.2) is 11.8 Å². The Hall–Kier alpha value is -2.95. The Balaban J connectivity index is 1.66. The van der Waals surface area contributed by atoms with Crippen LogP contribution in [0.3, 0.4) is 0 Å². The Bertz CT molecular complexity index is 1070. The number of rotatable bonds is 3. The van der Waals surface area contributed by atoms with Crippen molar-refractivity contribution in [1.82, 2.24) is 15.3 Å². The van der Waals surface area contributed by atoms with Crippen molar-refractivity contribution in [3.63, 3.8) is 0 Å². The number of alkyl halides is 4. The van der Waals surface area contributed by atoms with E-state index in [1.54, 1.807) is 4.90 Å². The molecule has 2 aromatic heterocycles. The highest BCUT2D eigenvalue weighted by molar-refractivity contribution is 5.89. The summed E-state index contributed by atoms with van der Waals surface area (Å²) in [6.07, 6.45) is -4.96. The zero-order valence-corrected chi connectivity index (χ0v) is 17.2. The van der Waals surface area contributed by atoms with Gasteiger partial charge in [-0.05, 0) is 38.0 Å². The lowest BCUT2D eigenvalue weighted by Crippen LogP contribution is -2.49. The fourth-order valence-electron chi connectivity index (χ4n) is 4.22. The van der Waals surface area contributed by atoms with Crippen LogP contribution in [0.1, 0.15) is 37.0 Å². The van der Waals surface area contributed by atoms with Gasteiger partial charge in [0.05, 0.1) is 11.3 Å². The number of halogens is 4. The van der Waals surface area contributed by atoms with Gasteiger partial charge in [-0.25, -0.2) is 19.2 Å². The molecule has 1 saturated heterocycles. The Morgan fingerprint density at radius 3 is 2.75 bits per heavy atom. The van der Waals surface area contributed by atoms with Gasteiger partial charge in [0, 0.05) is 43.0 Å². The first kappa shape index (κ1) is 20.9. The van der Waals surface area contributed by atoms with E-state index in [0.717, 1.165) is 12.1 Å². The lowest BCUT2D eigenvalue weighted by atomic mass is 9.95. The van der Waals surface area contributed by atoms with Crippen molar-refractivity contribution in [3.8, 4) is 11.3 Å². The SMILES string of the molecule is C[C@H]1CN(c2cc(C(F)(F)F)cc(-c3ccnc4c3C(C3(F)CC3)OC(=O)N4)n2)CCN1. The zero-order valence-electron chi connectivity index (χ0n) is 17.2. The van der Waals surface area contributed by atoms with Crippen LogP contribution in [-0.2, 0) is 10.9 Å². The van der Waals surface area contributed by atoms with Crippen molar-refractivity contribution in [2.75, 3.05) is 29.9 Å². The summed E-state index contributed by atoms with van der Waals surface area (Å²) >= 11 is 0. The van der Waals surface area contributed by atoms with Gasteiger partial charge in [0.25, 0.3) is 0 Å². The van der Waals surface area contributed by atoms with Gasteiger partial charge in [-0.2, -0.15) is 13.2 Å². The third-order valence-electron chi connectivity index (χ3n) is 6.00. The van der Waals surface area contributed by atoms with Crippen LogP contribution in [0, 0.1) is 0 Å². The summed E-state index contributed by atoms with van der Waals surface area (Å²) in [4.78, 5) is 22.3. The maximum Gasteiger partial charge on any atom is 0.416 e. The highest BCUT2D eigenvalue weighted by Crippen LogP contribution is 2.55. The molecular weight excluding hydrogens is 430 g/mol. The maximum absolute atomic E-state index is 15.1. The number of piperazine rings is 1. The summed E-state index contributed by atoms with van der Waals surface area (Å²) in [6, 6.07) is 3.54. The number of aromatic nitrogens is 2. The Morgan fingerprint density at radius 1 is 1.28 bits per heavy atom. The zero-order chi connectivity index (χ0) is 22.7. The second kappa shape index (κ2) is 7.29. The van der Waals surface area contributed by atoms with Gasteiger partial charge in [-0.1, -0.05) is 0 Å². The molecule has 0 aromatic carbocycles. The molecule has 0 radical (unpaired) electrons. The average Bonchev–Trinajstić information content (AvgIpc) is 3.50. The molecule has 1 amide bonds. The lowest BCUT2D eigenvalue weighted by molar-refractivity contribution is -0.137. The number of nitrogens with zero attached hydrogens (tertiary/aromatic N) is 3. The van der Waals surface area contributed by atoms with Crippen LogP contribution in [0.4, 0.5) is 34.0 Å². The van der Waals surface area contributed by atoms with Crippen molar-refractivity contribution in [2.45, 2.75) is 43.8 Å². The largest absolute Gasteiger partial charge is 0.437 e. The number of fused-ring (bicyclic) bond motifs is 1. The van der Waals surface area contributed by atoms with Crippen molar-refractivity contribution >= 4 is 17.7 Å². The summed E-state index contributed by atoms with van der Waals surface area (Å²) in [5, 5.41) is 5.67. The van der Waals surface area contributed by atoms with E-state index in [1.807, 2.05) is 6.92 Å². The number of anilines is 2. The van der Waals surface area contributed by atoms with Gasteiger partial charge in [-0.15, -0.1) is 0 Å². The number of cyclic esters (lactones) is 1. The van der Waals surface area contributed by atoms with E-state index in [2.05, 4.69) is 20.6 Å². The Kier molecular flexibility index (Phi) is 4.77. The Morgan fingerprint density at radius 2 is 2.06 bits per heavy atom. The van der Waals surface area contributed by atoms with E-state index in [-0.39, 0.29) is 47.3 Å². The molecule has 170 valence electrons. The molecule has 3 aliphatic rings. The van der Waals surface area contributed by atoms with E-state index in [0.29, 0.717) is 19.6 Å². The predicted molar refractivity (Wildman–Crippen MR) is 108 cm³/mol. The highest BCUT2D eigenvalue weighted by atomic mass is 19.4. The highest BCUT2D eigenvalue weighted by Gasteiger charge is 2.56. The standard InChI is InChI=1S/C21H21F4N5O2/c1-11-10-30(7-6-26-11)15-9-12(21(23,24)25)8-14(28-15)13-2-5-27-18-16(13)17(20(22)3-4-20)32-19(31)29-18/h2,5,8-9,11,17,26H,3-4,6-7,10H2,1H3,(H,27,29,31)/t11-,17?/m0/s1.